The Hall–Kier alpha value is -2.75. The number of fused-ring (bicyclic) bond motifs is 1. The molecule has 10 heteroatoms. The molecule has 0 atom stereocenters. The molecule has 2 aliphatic rings. The van der Waals surface area contributed by atoms with Gasteiger partial charge in [-0.15, -0.1) is 0 Å². The van der Waals surface area contributed by atoms with Crippen LogP contribution in [0.5, 0.6) is 0 Å². The van der Waals surface area contributed by atoms with Crippen molar-refractivity contribution in [2.75, 3.05) is 19.8 Å². The van der Waals surface area contributed by atoms with Crippen LogP contribution in [-0.2, 0) is 14.8 Å². The number of halogens is 1. The Morgan fingerprint density at radius 2 is 1.58 bits per heavy atom. The molecule has 2 aromatic rings. The van der Waals surface area contributed by atoms with Crippen LogP contribution in [0.1, 0.15) is 50.3 Å². The summed E-state index contributed by atoms with van der Waals surface area (Å²) < 4.78 is 32.3. The lowest BCUT2D eigenvalue weighted by Crippen LogP contribution is -2.35. The molecule has 0 radical (unpaired) electrons. The highest BCUT2D eigenvalue weighted by atomic mass is 35.5. The van der Waals surface area contributed by atoms with E-state index in [-0.39, 0.29) is 26.6 Å². The molecule has 162 valence electrons. The van der Waals surface area contributed by atoms with Gasteiger partial charge in [-0.3, -0.25) is 9.59 Å². The third-order valence-electron chi connectivity index (χ3n) is 5.31. The van der Waals surface area contributed by atoms with E-state index in [0.717, 1.165) is 30.2 Å². The predicted molar refractivity (Wildman–Crippen MR) is 111 cm³/mol. The number of hydrogen-bond acceptors (Lipinski definition) is 6. The third kappa shape index (κ3) is 3.96. The van der Waals surface area contributed by atoms with E-state index in [0.29, 0.717) is 13.1 Å². The van der Waals surface area contributed by atoms with Crippen LogP contribution in [0.3, 0.4) is 0 Å². The maximum absolute atomic E-state index is 12.9. The maximum Gasteiger partial charge on any atom is 0.341 e. The van der Waals surface area contributed by atoms with Crippen molar-refractivity contribution in [3.8, 4) is 0 Å². The third-order valence-corrected chi connectivity index (χ3v) is 7.54. The fraction of sp³-hybridized carbons (Fsp3) is 0.286. The number of hydrogen-bond donors (Lipinski definition) is 0. The fourth-order valence-corrected chi connectivity index (χ4v) is 5.37. The van der Waals surface area contributed by atoms with E-state index < -0.39 is 34.5 Å². The van der Waals surface area contributed by atoms with Gasteiger partial charge in [0.25, 0.3) is 11.8 Å². The zero-order valence-corrected chi connectivity index (χ0v) is 18.0. The molecule has 31 heavy (non-hydrogen) atoms. The van der Waals surface area contributed by atoms with E-state index in [1.165, 1.54) is 28.6 Å². The first kappa shape index (κ1) is 21.5. The zero-order valence-electron chi connectivity index (χ0n) is 16.4. The molecule has 0 N–H and O–H groups in total. The summed E-state index contributed by atoms with van der Waals surface area (Å²) in [6.45, 7) is 0.236. The molecule has 0 bridgehead atoms. The summed E-state index contributed by atoms with van der Waals surface area (Å²) in [4.78, 5) is 38.1. The Balaban J connectivity index is 1.51. The van der Waals surface area contributed by atoms with Crippen LogP contribution >= 0.6 is 11.6 Å². The molecule has 0 saturated carbocycles. The Labute approximate surface area is 184 Å². The molecular formula is C21H19ClN2O6S. The van der Waals surface area contributed by atoms with Crippen molar-refractivity contribution in [2.24, 2.45) is 0 Å². The van der Waals surface area contributed by atoms with Crippen molar-refractivity contribution in [1.29, 1.82) is 0 Å². The Bertz CT molecular complexity index is 1140. The molecular weight excluding hydrogens is 444 g/mol. The Morgan fingerprint density at radius 3 is 2.19 bits per heavy atom. The van der Waals surface area contributed by atoms with Gasteiger partial charge in [0.1, 0.15) is 0 Å². The number of carbonyl (C=O) groups excluding carboxylic acids is 3. The highest BCUT2D eigenvalue weighted by Gasteiger charge is 2.36. The molecule has 0 aromatic heterocycles. The van der Waals surface area contributed by atoms with Crippen molar-refractivity contribution < 1.29 is 27.5 Å². The summed E-state index contributed by atoms with van der Waals surface area (Å²) in [6.07, 6.45) is 2.53. The standard InChI is InChI=1S/C21H19ClN2O6S/c22-18-9-8-14(31(28,29)23-10-4-1-5-11-23)12-17(18)21(27)30-13-24-19(25)15-6-2-3-7-16(15)20(24)26/h2-3,6-9,12H,1,4-5,10-11,13H2. The first-order chi connectivity index (χ1) is 14.8. The summed E-state index contributed by atoms with van der Waals surface area (Å²) in [5, 5.41) is 0.00459. The van der Waals surface area contributed by atoms with Gasteiger partial charge in [-0.1, -0.05) is 30.2 Å². The molecule has 1 fully saturated rings. The minimum atomic E-state index is -3.77. The monoisotopic (exact) mass is 462 g/mol. The van der Waals surface area contributed by atoms with Crippen molar-refractivity contribution in [2.45, 2.75) is 24.2 Å². The molecule has 1 saturated heterocycles. The van der Waals surface area contributed by atoms with E-state index >= 15 is 0 Å². The quantitative estimate of drug-likeness (QED) is 0.500. The van der Waals surface area contributed by atoms with Gasteiger partial charge in [-0.05, 0) is 43.2 Å². The number of rotatable bonds is 5. The van der Waals surface area contributed by atoms with Gasteiger partial charge in [0.2, 0.25) is 10.0 Å². The number of imide groups is 1. The maximum atomic E-state index is 12.9. The zero-order chi connectivity index (χ0) is 22.2. The molecule has 0 unspecified atom stereocenters. The van der Waals surface area contributed by atoms with Crippen LogP contribution in [0.2, 0.25) is 5.02 Å². The van der Waals surface area contributed by atoms with Crippen LogP contribution in [0.25, 0.3) is 0 Å². The molecule has 8 nitrogen and oxygen atoms in total. The van der Waals surface area contributed by atoms with Gasteiger partial charge in [-0.2, -0.15) is 4.31 Å². The van der Waals surface area contributed by atoms with Gasteiger partial charge < -0.3 is 4.74 Å². The number of sulfonamides is 1. The van der Waals surface area contributed by atoms with Gasteiger partial charge in [-0.25, -0.2) is 18.1 Å². The summed E-state index contributed by atoms with van der Waals surface area (Å²) in [7, 11) is -3.77. The smallest absolute Gasteiger partial charge is 0.341 e. The first-order valence-corrected chi connectivity index (χ1v) is 11.5. The number of piperidine rings is 1. The normalized spacial score (nSPS) is 17.0. The fourth-order valence-electron chi connectivity index (χ4n) is 3.63. The van der Waals surface area contributed by atoms with E-state index in [4.69, 9.17) is 16.3 Å². The molecule has 4 rings (SSSR count). The van der Waals surface area contributed by atoms with E-state index in [2.05, 4.69) is 0 Å². The Kier molecular flexibility index (Phi) is 5.83. The lowest BCUT2D eigenvalue weighted by Gasteiger charge is -2.26. The van der Waals surface area contributed by atoms with Gasteiger partial charge in [0.15, 0.2) is 6.73 Å². The second kappa shape index (κ2) is 8.41. The molecule has 2 amide bonds. The van der Waals surface area contributed by atoms with Crippen molar-refractivity contribution in [1.82, 2.24) is 9.21 Å². The summed E-state index contributed by atoms with van der Waals surface area (Å²) in [5.41, 5.74) is 0.309. The van der Waals surface area contributed by atoms with E-state index in [9.17, 15) is 22.8 Å². The number of nitrogens with zero attached hydrogens (tertiary/aromatic N) is 2. The first-order valence-electron chi connectivity index (χ1n) is 9.73. The highest BCUT2D eigenvalue weighted by Crippen LogP contribution is 2.26. The predicted octanol–water partition coefficient (Wildman–Crippen LogP) is 2.93. The van der Waals surface area contributed by atoms with Crippen LogP contribution < -0.4 is 0 Å². The highest BCUT2D eigenvalue weighted by molar-refractivity contribution is 7.89. The largest absolute Gasteiger partial charge is 0.440 e. The number of amides is 2. The number of carbonyl (C=O) groups is 3. The van der Waals surface area contributed by atoms with Gasteiger partial charge in [0, 0.05) is 13.1 Å². The Morgan fingerprint density at radius 1 is 0.968 bits per heavy atom. The topological polar surface area (TPSA) is 101 Å². The molecule has 0 spiro atoms. The second-order valence-electron chi connectivity index (χ2n) is 7.25. The molecule has 2 aromatic carbocycles. The van der Waals surface area contributed by atoms with E-state index in [1.807, 2.05) is 0 Å². The van der Waals surface area contributed by atoms with Crippen LogP contribution in [0.4, 0.5) is 0 Å². The summed E-state index contributed by atoms with van der Waals surface area (Å²) in [5.74, 6) is -2.07. The second-order valence-corrected chi connectivity index (χ2v) is 9.60. The minimum Gasteiger partial charge on any atom is -0.440 e. The van der Waals surface area contributed by atoms with Crippen molar-refractivity contribution >= 4 is 39.4 Å². The lowest BCUT2D eigenvalue weighted by atomic mass is 10.1. The van der Waals surface area contributed by atoms with Crippen LogP contribution in [-0.4, -0.2) is 55.2 Å². The van der Waals surface area contributed by atoms with Crippen LogP contribution in [0.15, 0.2) is 47.4 Å². The average Bonchev–Trinajstić information content (AvgIpc) is 3.03. The van der Waals surface area contributed by atoms with E-state index in [1.54, 1.807) is 12.1 Å². The number of ether oxygens (including phenoxy) is 1. The number of benzene rings is 2. The summed E-state index contributed by atoms with van der Waals surface area (Å²) >= 11 is 6.10. The number of esters is 1. The molecule has 2 heterocycles. The van der Waals surface area contributed by atoms with Gasteiger partial charge >= 0.3 is 5.97 Å². The van der Waals surface area contributed by atoms with Crippen molar-refractivity contribution in [3.63, 3.8) is 0 Å². The molecule has 2 aliphatic heterocycles. The SMILES string of the molecule is O=C(OCN1C(=O)c2ccccc2C1=O)c1cc(S(=O)(=O)N2CCCCC2)ccc1Cl. The summed E-state index contributed by atoms with van der Waals surface area (Å²) in [6, 6.07) is 10.1. The molecule has 0 aliphatic carbocycles. The minimum absolute atomic E-state index is 0.00459. The van der Waals surface area contributed by atoms with Crippen LogP contribution in [0, 0.1) is 0 Å². The average molecular weight is 463 g/mol. The van der Waals surface area contributed by atoms with Crippen molar-refractivity contribution in [3.05, 3.63) is 64.2 Å². The lowest BCUT2D eigenvalue weighted by molar-refractivity contribution is 0.0228. The van der Waals surface area contributed by atoms with Gasteiger partial charge in [0.05, 0.1) is 26.6 Å².